The molecule has 0 fully saturated rings. The van der Waals surface area contributed by atoms with Gasteiger partial charge in [-0.15, -0.1) is 0 Å². The summed E-state index contributed by atoms with van der Waals surface area (Å²) >= 11 is 0. The van der Waals surface area contributed by atoms with Crippen LogP contribution in [0.1, 0.15) is 18.1 Å². The Balaban J connectivity index is 2.34. The van der Waals surface area contributed by atoms with Crippen LogP contribution in [0.3, 0.4) is 0 Å². The van der Waals surface area contributed by atoms with Gasteiger partial charge in [0.1, 0.15) is 5.75 Å². The molecule has 0 spiro atoms. The van der Waals surface area contributed by atoms with Crippen LogP contribution in [0.5, 0.6) is 5.75 Å². The van der Waals surface area contributed by atoms with Gasteiger partial charge < -0.3 is 10.1 Å². The molecule has 2 heterocycles. The fourth-order valence-corrected chi connectivity index (χ4v) is 2.49. The van der Waals surface area contributed by atoms with Crippen LogP contribution in [0.15, 0.2) is 35.3 Å². The average molecular weight is 269 g/mol. The summed E-state index contributed by atoms with van der Waals surface area (Å²) < 4.78 is 1.52. The van der Waals surface area contributed by atoms with Gasteiger partial charge in [-0.3, -0.25) is 0 Å². The quantitative estimate of drug-likeness (QED) is 0.749. The molecule has 0 unspecified atom stereocenters. The molecule has 0 saturated heterocycles. The Labute approximate surface area is 115 Å². The number of aryl methyl sites for hydroxylation is 2. The van der Waals surface area contributed by atoms with E-state index in [1.807, 2.05) is 6.92 Å². The molecule has 0 radical (unpaired) electrons. The van der Waals surface area contributed by atoms with Crippen LogP contribution >= 0.6 is 0 Å². The zero-order valence-electron chi connectivity index (χ0n) is 11.3. The number of pyridine rings is 1. The largest absolute Gasteiger partial charge is 0.508 e. The van der Waals surface area contributed by atoms with E-state index in [9.17, 15) is 9.90 Å². The Bertz CT molecular complexity index is 829. The molecule has 0 atom stereocenters. The van der Waals surface area contributed by atoms with Crippen molar-refractivity contribution in [3.8, 4) is 11.4 Å². The maximum atomic E-state index is 12.2. The number of rotatable bonds is 2. The van der Waals surface area contributed by atoms with Crippen LogP contribution in [0.25, 0.3) is 16.9 Å². The molecule has 0 aliphatic rings. The van der Waals surface area contributed by atoms with Gasteiger partial charge in [0.15, 0.2) is 5.65 Å². The zero-order valence-corrected chi connectivity index (χ0v) is 11.3. The van der Waals surface area contributed by atoms with E-state index in [1.54, 1.807) is 30.5 Å². The minimum atomic E-state index is -0.224. The van der Waals surface area contributed by atoms with Crippen LogP contribution < -0.4 is 5.69 Å². The number of fused-ring (bicyclic) bond motifs is 1. The van der Waals surface area contributed by atoms with Crippen molar-refractivity contribution in [2.24, 2.45) is 0 Å². The lowest BCUT2D eigenvalue weighted by Gasteiger charge is -2.06. The maximum Gasteiger partial charge on any atom is 0.332 e. The molecule has 0 aliphatic heterocycles. The van der Waals surface area contributed by atoms with E-state index in [1.165, 1.54) is 4.57 Å². The first kappa shape index (κ1) is 12.5. The highest BCUT2D eigenvalue weighted by Gasteiger charge is 2.13. The van der Waals surface area contributed by atoms with E-state index in [0.29, 0.717) is 11.3 Å². The van der Waals surface area contributed by atoms with E-state index in [4.69, 9.17) is 0 Å². The Morgan fingerprint density at radius 1 is 1.30 bits per heavy atom. The Hall–Kier alpha value is -2.56. The van der Waals surface area contributed by atoms with Gasteiger partial charge in [0.25, 0.3) is 0 Å². The number of H-pyrrole nitrogens is 1. The first-order valence-electron chi connectivity index (χ1n) is 6.50. The Morgan fingerprint density at radius 2 is 2.00 bits per heavy atom. The number of hydrogen-bond acceptors (Lipinski definition) is 3. The van der Waals surface area contributed by atoms with Crippen molar-refractivity contribution in [3.05, 3.63) is 52.1 Å². The van der Waals surface area contributed by atoms with E-state index >= 15 is 0 Å². The van der Waals surface area contributed by atoms with E-state index in [-0.39, 0.29) is 11.4 Å². The van der Waals surface area contributed by atoms with E-state index in [2.05, 4.69) is 16.9 Å². The smallest absolute Gasteiger partial charge is 0.332 e. The standard InChI is InChI=1S/C15H15N3O2/c1-3-12-9(2)8-16-14-13(12)17-15(20)18(14)10-4-6-11(19)7-5-10/h4-8,19H,3H2,1-2H3,(H,17,20). The number of aromatic nitrogens is 3. The number of nitrogens with zero attached hydrogens (tertiary/aromatic N) is 2. The lowest BCUT2D eigenvalue weighted by atomic mass is 10.1. The molecule has 0 amide bonds. The van der Waals surface area contributed by atoms with Gasteiger partial charge in [0.2, 0.25) is 0 Å². The number of benzene rings is 1. The van der Waals surface area contributed by atoms with Gasteiger partial charge in [-0.25, -0.2) is 14.3 Å². The summed E-state index contributed by atoms with van der Waals surface area (Å²) in [4.78, 5) is 19.5. The number of phenols is 1. The molecule has 3 rings (SSSR count). The lowest BCUT2D eigenvalue weighted by Crippen LogP contribution is -2.14. The number of hydrogen-bond donors (Lipinski definition) is 2. The van der Waals surface area contributed by atoms with Gasteiger partial charge in [0, 0.05) is 6.20 Å². The monoisotopic (exact) mass is 269 g/mol. The number of phenolic OH excluding ortho intramolecular Hbond substituents is 1. The van der Waals surface area contributed by atoms with Crippen LogP contribution in [0.4, 0.5) is 0 Å². The van der Waals surface area contributed by atoms with Crippen LogP contribution in [-0.4, -0.2) is 19.6 Å². The summed E-state index contributed by atoms with van der Waals surface area (Å²) in [6, 6.07) is 6.49. The predicted octanol–water partition coefficient (Wildman–Crippen LogP) is 2.29. The van der Waals surface area contributed by atoms with E-state index < -0.39 is 0 Å². The fourth-order valence-electron chi connectivity index (χ4n) is 2.49. The van der Waals surface area contributed by atoms with Gasteiger partial charge >= 0.3 is 5.69 Å². The molecule has 102 valence electrons. The fraction of sp³-hybridized carbons (Fsp3) is 0.200. The second-order valence-electron chi connectivity index (χ2n) is 4.75. The van der Waals surface area contributed by atoms with Gasteiger partial charge in [-0.1, -0.05) is 6.92 Å². The van der Waals surface area contributed by atoms with Gasteiger partial charge in [0.05, 0.1) is 11.2 Å². The van der Waals surface area contributed by atoms with Gasteiger partial charge in [-0.05, 0) is 48.7 Å². The predicted molar refractivity (Wildman–Crippen MR) is 77.5 cm³/mol. The molecule has 2 aromatic heterocycles. The van der Waals surface area contributed by atoms with Crippen LogP contribution in [-0.2, 0) is 6.42 Å². The van der Waals surface area contributed by atoms with Crippen LogP contribution in [0.2, 0.25) is 0 Å². The zero-order chi connectivity index (χ0) is 14.3. The van der Waals surface area contributed by atoms with Crippen molar-refractivity contribution in [2.75, 3.05) is 0 Å². The van der Waals surface area contributed by atoms with Crippen molar-refractivity contribution in [1.82, 2.24) is 14.5 Å². The molecule has 0 saturated carbocycles. The number of aromatic amines is 1. The van der Waals surface area contributed by atoms with Crippen molar-refractivity contribution in [2.45, 2.75) is 20.3 Å². The number of aromatic hydroxyl groups is 1. The summed E-state index contributed by atoms with van der Waals surface area (Å²) in [5.74, 6) is 0.166. The molecule has 1 aromatic carbocycles. The minimum absolute atomic E-state index is 0.166. The normalized spacial score (nSPS) is 11.1. The summed E-state index contributed by atoms with van der Waals surface area (Å²) in [6.07, 6.45) is 2.62. The summed E-state index contributed by atoms with van der Waals surface area (Å²) in [5.41, 5.74) is 4.02. The average Bonchev–Trinajstić information content (AvgIpc) is 2.76. The molecule has 5 heteroatoms. The van der Waals surface area contributed by atoms with Gasteiger partial charge in [-0.2, -0.15) is 0 Å². The first-order valence-corrected chi connectivity index (χ1v) is 6.50. The van der Waals surface area contributed by atoms with Crippen LogP contribution in [0, 0.1) is 6.92 Å². The molecule has 0 bridgehead atoms. The van der Waals surface area contributed by atoms with E-state index in [0.717, 1.165) is 23.1 Å². The first-order chi connectivity index (χ1) is 9.61. The van der Waals surface area contributed by atoms with Crippen molar-refractivity contribution in [3.63, 3.8) is 0 Å². The highest BCUT2D eigenvalue weighted by Crippen LogP contribution is 2.21. The third kappa shape index (κ3) is 1.79. The molecule has 2 N–H and O–H groups in total. The second-order valence-corrected chi connectivity index (χ2v) is 4.75. The SMILES string of the molecule is CCc1c(C)cnc2c1[nH]c(=O)n2-c1ccc(O)cc1. The molecule has 20 heavy (non-hydrogen) atoms. The highest BCUT2D eigenvalue weighted by molar-refractivity contribution is 5.77. The Morgan fingerprint density at radius 3 is 2.65 bits per heavy atom. The molecule has 3 aromatic rings. The Kier molecular flexibility index (Phi) is 2.82. The third-order valence-corrected chi connectivity index (χ3v) is 3.49. The lowest BCUT2D eigenvalue weighted by molar-refractivity contribution is 0.475. The molecule has 5 nitrogen and oxygen atoms in total. The number of nitrogens with one attached hydrogen (secondary N) is 1. The van der Waals surface area contributed by atoms with Crippen molar-refractivity contribution < 1.29 is 5.11 Å². The summed E-state index contributed by atoms with van der Waals surface area (Å²) in [5, 5.41) is 9.34. The number of imidazole rings is 1. The molecule has 0 aliphatic carbocycles. The van der Waals surface area contributed by atoms with Crippen molar-refractivity contribution >= 4 is 11.2 Å². The molecular weight excluding hydrogens is 254 g/mol. The maximum absolute atomic E-state index is 12.2. The summed E-state index contributed by atoms with van der Waals surface area (Å²) in [6.45, 7) is 4.04. The summed E-state index contributed by atoms with van der Waals surface area (Å²) in [7, 11) is 0. The second kappa shape index (κ2) is 4.52. The third-order valence-electron chi connectivity index (χ3n) is 3.49. The topological polar surface area (TPSA) is 70.9 Å². The van der Waals surface area contributed by atoms with Crippen molar-refractivity contribution in [1.29, 1.82) is 0 Å². The molecular formula is C15H15N3O2. The minimum Gasteiger partial charge on any atom is -0.508 e. The highest BCUT2D eigenvalue weighted by atomic mass is 16.3.